The summed E-state index contributed by atoms with van der Waals surface area (Å²) in [7, 11) is 1.45. The molecular weight excluding hydrogens is 308 g/mol. The zero-order chi connectivity index (χ0) is 17.1. The van der Waals surface area contributed by atoms with E-state index in [2.05, 4.69) is 0 Å². The van der Waals surface area contributed by atoms with Crippen molar-refractivity contribution in [3.8, 4) is 0 Å². The fourth-order valence-corrected chi connectivity index (χ4v) is 4.25. The second kappa shape index (κ2) is 4.60. The molecule has 2 atom stereocenters. The van der Waals surface area contributed by atoms with Crippen LogP contribution in [0.1, 0.15) is 33.6 Å². The minimum Gasteiger partial charge on any atom is -0.501 e. The number of allylic oxidation sites excluding steroid dienone is 4. The van der Waals surface area contributed by atoms with Crippen LogP contribution in [0.5, 0.6) is 0 Å². The van der Waals surface area contributed by atoms with Gasteiger partial charge in [0.1, 0.15) is 10.8 Å². The number of ketones is 4. The Hall–Kier alpha value is -2.82. The normalized spacial score (nSPS) is 31.1. The van der Waals surface area contributed by atoms with Gasteiger partial charge in [-0.25, -0.2) is 0 Å². The Bertz CT molecular complexity index is 891. The molecule has 0 fully saturated rings. The van der Waals surface area contributed by atoms with Crippen LogP contribution < -0.4 is 0 Å². The van der Waals surface area contributed by atoms with Gasteiger partial charge in [0.25, 0.3) is 0 Å². The third kappa shape index (κ3) is 1.40. The van der Waals surface area contributed by atoms with Crippen LogP contribution in [0.15, 0.2) is 48.3 Å². The van der Waals surface area contributed by atoms with Crippen molar-refractivity contribution in [2.24, 2.45) is 10.8 Å². The van der Waals surface area contributed by atoms with Crippen molar-refractivity contribution in [1.29, 1.82) is 0 Å². The number of carbonyl (C=O) groups is 4. The van der Waals surface area contributed by atoms with Crippen molar-refractivity contribution >= 4 is 23.1 Å². The van der Waals surface area contributed by atoms with E-state index < -0.39 is 34.0 Å². The Balaban J connectivity index is 2.11. The Morgan fingerprint density at radius 3 is 2.00 bits per heavy atom. The number of hydrogen-bond donors (Lipinski definition) is 0. The quantitative estimate of drug-likeness (QED) is 0.740. The summed E-state index contributed by atoms with van der Waals surface area (Å²) in [6.07, 6.45) is 3.81. The minimum atomic E-state index is -1.73. The predicted molar refractivity (Wildman–Crippen MR) is 83.4 cm³/mol. The molecule has 0 aliphatic heterocycles. The molecule has 24 heavy (non-hydrogen) atoms. The first-order chi connectivity index (χ1) is 11.5. The molecule has 0 radical (unpaired) electrons. The predicted octanol–water partition coefficient (Wildman–Crippen LogP) is 2.07. The third-order valence-corrected chi connectivity index (χ3v) is 5.48. The number of rotatable bonds is 1. The average molecular weight is 322 g/mol. The van der Waals surface area contributed by atoms with Crippen molar-refractivity contribution in [3.05, 3.63) is 59.4 Å². The fourth-order valence-electron chi connectivity index (χ4n) is 4.25. The summed E-state index contributed by atoms with van der Waals surface area (Å²) in [5.74, 6) is -1.46. The molecule has 120 valence electrons. The second-order valence-electron chi connectivity index (χ2n) is 6.33. The van der Waals surface area contributed by atoms with Crippen LogP contribution in [0.4, 0.5) is 0 Å². The molecule has 0 amide bonds. The lowest BCUT2D eigenvalue weighted by molar-refractivity contribution is -0.140. The first-order valence-electron chi connectivity index (χ1n) is 7.67. The van der Waals surface area contributed by atoms with E-state index in [9.17, 15) is 19.2 Å². The summed E-state index contributed by atoms with van der Waals surface area (Å²) < 4.78 is 5.25. The van der Waals surface area contributed by atoms with Crippen molar-refractivity contribution < 1.29 is 23.9 Å². The lowest BCUT2D eigenvalue weighted by Gasteiger charge is -2.51. The maximum absolute atomic E-state index is 13.3. The Morgan fingerprint density at radius 1 is 0.875 bits per heavy atom. The number of benzene rings is 1. The smallest absolute Gasteiger partial charge is 0.179 e. The number of fused-ring (bicyclic) bond motifs is 1. The maximum Gasteiger partial charge on any atom is 0.179 e. The molecule has 4 rings (SSSR count). The number of Topliss-reactive ketones (excluding diaryl/α,β-unsaturated/α-hetero) is 2. The number of carbonyl (C=O) groups excluding carboxylic acids is 4. The second-order valence-corrected chi connectivity index (χ2v) is 6.33. The van der Waals surface area contributed by atoms with Crippen LogP contribution in [0.3, 0.4) is 0 Å². The molecule has 5 heteroatoms. The molecular formula is C19H14O5. The van der Waals surface area contributed by atoms with Crippen LogP contribution in [-0.2, 0) is 14.3 Å². The van der Waals surface area contributed by atoms with E-state index in [1.807, 2.05) is 0 Å². The van der Waals surface area contributed by atoms with Gasteiger partial charge in [-0.3, -0.25) is 19.2 Å². The molecule has 1 aromatic rings. The highest BCUT2D eigenvalue weighted by molar-refractivity contribution is 6.37. The van der Waals surface area contributed by atoms with Gasteiger partial charge in [0.2, 0.25) is 0 Å². The molecule has 3 aliphatic carbocycles. The van der Waals surface area contributed by atoms with Crippen molar-refractivity contribution in [3.63, 3.8) is 0 Å². The molecule has 0 spiro atoms. The summed E-state index contributed by atoms with van der Waals surface area (Å²) in [5.41, 5.74) is -3.01. The van der Waals surface area contributed by atoms with Gasteiger partial charge in [-0.05, 0) is 24.6 Å². The maximum atomic E-state index is 13.3. The Kier molecular flexibility index (Phi) is 2.83. The van der Waals surface area contributed by atoms with Gasteiger partial charge in [-0.1, -0.05) is 24.3 Å². The van der Waals surface area contributed by atoms with E-state index in [-0.39, 0.29) is 24.0 Å². The lowest BCUT2D eigenvalue weighted by Crippen LogP contribution is -2.65. The van der Waals surface area contributed by atoms with Gasteiger partial charge < -0.3 is 4.74 Å². The number of ether oxygens (including phenoxy) is 1. The average Bonchev–Trinajstić information content (AvgIpc) is 2.62. The molecule has 0 N–H and O–H groups in total. The van der Waals surface area contributed by atoms with Crippen molar-refractivity contribution in [2.75, 3.05) is 7.11 Å². The summed E-state index contributed by atoms with van der Waals surface area (Å²) in [6, 6.07) is 6.38. The highest BCUT2D eigenvalue weighted by Crippen LogP contribution is 2.59. The lowest BCUT2D eigenvalue weighted by atomic mass is 9.45. The van der Waals surface area contributed by atoms with E-state index in [1.165, 1.54) is 13.2 Å². The summed E-state index contributed by atoms with van der Waals surface area (Å²) in [4.78, 5) is 52.3. The van der Waals surface area contributed by atoms with Crippen LogP contribution in [0.25, 0.3) is 0 Å². The molecule has 0 bridgehead atoms. The van der Waals surface area contributed by atoms with Crippen molar-refractivity contribution in [2.45, 2.75) is 12.8 Å². The number of methoxy groups -OCH3 is 1. The monoisotopic (exact) mass is 322 g/mol. The fraction of sp³-hybridized carbons (Fsp3) is 0.263. The summed E-state index contributed by atoms with van der Waals surface area (Å²) >= 11 is 0. The molecule has 1 aromatic carbocycles. The number of hydrogen-bond acceptors (Lipinski definition) is 5. The van der Waals surface area contributed by atoms with Crippen LogP contribution in [0.2, 0.25) is 0 Å². The standard InChI is InChI=1S/C19H14O5/c1-24-11-8-9-18-14(20)6-7-15(21)19(18,10-11)17(23)13-5-3-2-4-12(13)16(18)22/h2-8H,9-10H2,1H3/t18-,19-/m1/s1. The highest BCUT2D eigenvalue weighted by Gasteiger charge is 2.72. The molecule has 0 heterocycles. The molecule has 0 saturated heterocycles. The first-order valence-corrected chi connectivity index (χ1v) is 7.67. The van der Waals surface area contributed by atoms with E-state index in [0.29, 0.717) is 5.76 Å². The van der Waals surface area contributed by atoms with Gasteiger partial charge in [-0.2, -0.15) is 0 Å². The molecule has 0 aromatic heterocycles. The summed E-state index contributed by atoms with van der Waals surface area (Å²) in [5, 5.41) is 0. The zero-order valence-corrected chi connectivity index (χ0v) is 13.0. The minimum absolute atomic E-state index is 0.00993. The zero-order valence-electron chi connectivity index (χ0n) is 13.0. The van der Waals surface area contributed by atoms with Gasteiger partial charge in [0.15, 0.2) is 23.1 Å². The first kappa shape index (κ1) is 14.8. The molecule has 5 nitrogen and oxygen atoms in total. The SMILES string of the molecule is COC1=CC[C@]23C(=O)C=CC(=O)[C@]2(C1)C(=O)c1ccccc1C3=O. The van der Waals surface area contributed by atoms with Gasteiger partial charge in [0.05, 0.1) is 12.9 Å². The topological polar surface area (TPSA) is 77.5 Å². The highest BCUT2D eigenvalue weighted by atomic mass is 16.5. The van der Waals surface area contributed by atoms with Crippen molar-refractivity contribution in [1.82, 2.24) is 0 Å². The molecule has 0 unspecified atom stereocenters. The van der Waals surface area contributed by atoms with E-state index in [1.54, 1.807) is 24.3 Å². The van der Waals surface area contributed by atoms with Gasteiger partial charge in [-0.15, -0.1) is 0 Å². The third-order valence-electron chi connectivity index (χ3n) is 5.48. The molecule has 0 saturated carbocycles. The van der Waals surface area contributed by atoms with E-state index in [4.69, 9.17) is 4.74 Å². The van der Waals surface area contributed by atoms with Crippen LogP contribution in [-0.4, -0.2) is 30.2 Å². The van der Waals surface area contributed by atoms with Crippen LogP contribution in [0, 0.1) is 10.8 Å². The Labute approximate surface area is 138 Å². The van der Waals surface area contributed by atoms with E-state index in [0.717, 1.165) is 12.2 Å². The van der Waals surface area contributed by atoms with Gasteiger partial charge >= 0.3 is 0 Å². The molecule has 3 aliphatic rings. The van der Waals surface area contributed by atoms with Gasteiger partial charge in [0, 0.05) is 17.5 Å². The summed E-state index contributed by atoms with van der Waals surface area (Å²) in [6.45, 7) is 0. The largest absolute Gasteiger partial charge is 0.501 e. The Morgan fingerprint density at radius 2 is 1.42 bits per heavy atom. The van der Waals surface area contributed by atoms with Crippen LogP contribution >= 0.6 is 0 Å². The van der Waals surface area contributed by atoms with E-state index >= 15 is 0 Å².